The van der Waals surface area contributed by atoms with Crippen molar-refractivity contribution in [2.75, 3.05) is 5.73 Å². The minimum absolute atomic E-state index is 0.599. The van der Waals surface area contributed by atoms with E-state index in [0.717, 1.165) is 20.4 Å². The van der Waals surface area contributed by atoms with Crippen molar-refractivity contribution in [1.82, 2.24) is 4.37 Å². The summed E-state index contributed by atoms with van der Waals surface area (Å²) in [6.45, 7) is 0. The second kappa shape index (κ2) is 4.59. The third-order valence-corrected chi connectivity index (χ3v) is 3.92. The number of nitrogens with two attached hydrogens (primary N) is 1. The molecule has 3 aromatic rings. The third-order valence-electron chi connectivity index (χ3n) is 2.54. The molecule has 0 amide bonds. The Hall–Kier alpha value is -1.59. The fraction of sp³-hybridized carbons (Fsp3) is 0. The quantitative estimate of drug-likeness (QED) is 0.710. The van der Waals surface area contributed by atoms with E-state index in [0.29, 0.717) is 11.4 Å². The molecule has 0 spiro atoms. The summed E-state index contributed by atoms with van der Waals surface area (Å²) in [7, 11) is 0. The summed E-state index contributed by atoms with van der Waals surface area (Å²) in [6, 6.07) is 13.4. The first-order valence-electron chi connectivity index (χ1n) is 5.32. The van der Waals surface area contributed by atoms with Crippen molar-refractivity contribution < 1.29 is 4.74 Å². The molecule has 2 N–H and O–H groups in total. The second-order valence-electron chi connectivity index (χ2n) is 3.75. The standard InChI is InChI=1S/C13H9BrN2OS/c14-9-5-3-6-10(15)12(9)17-13-8-4-1-2-7-11(8)16-18-13/h1-7H,15H2. The van der Waals surface area contributed by atoms with Crippen LogP contribution in [0.2, 0.25) is 0 Å². The van der Waals surface area contributed by atoms with E-state index in [1.807, 2.05) is 42.5 Å². The molecule has 3 rings (SSSR count). The molecule has 1 aromatic heterocycles. The van der Waals surface area contributed by atoms with Gasteiger partial charge in [0.2, 0.25) is 5.06 Å². The van der Waals surface area contributed by atoms with Gasteiger partial charge in [0.15, 0.2) is 5.75 Å². The first kappa shape index (κ1) is 11.5. The zero-order valence-electron chi connectivity index (χ0n) is 9.26. The van der Waals surface area contributed by atoms with E-state index in [4.69, 9.17) is 10.5 Å². The first-order chi connectivity index (χ1) is 8.75. The Kier molecular flexibility index (Phi) is 2.93. The van der Waals surface area contributed by atoms with Crippen molar-refractivity contribution in [2.45, 2.75) is 0 Å². The van der Waals surface area contributed by atoms with Crippen molar-refractivity contribution >= 4 is 44.1 Å². The van der Waals surface area contributed by atoms with Gasteiger partial charge < -0.3 is 10.5 Å². The lowest BCUT2D eigenvalue weighted by Gasteiger charge is -2.08. The number of benzene rings is 2. The molecular weight excluding hydrogens is 312 g/mol. The Morgan fingerprint density at radius 2 is 1.94 bits per heavy atom. The van der Waals surface area contributed by atoms with Crippen LogP contribution in [0.1, 0.15) is 0 Å². The maximum atomic E-state index is 5.91. The van der Waals surface area contributed by atoms with Gasteiger partial charge in [-0.25, -0.2) is 0 Å². The molecule has 0 bridgehead atoms. The molecule has 0 fully saturated rings. The van der Waals surface area contributed by atoms with E-state index in [2.05, 4.69) is 20.3 Å². The zero-order valence-corrected chi connectivity index (χ0v) is 11.7. The summed E-state index contributed by atoms with van der Waals surface area (Å²) >= 11 is 4.76. The van der Waals surface area contributed by atoms with Crippen LogP contribution in [0.25, 0.3) is 10.9 Å². The maximum absolute atomic E-state index is 5.91. The number of hydrogen-bond acceptors (Lipinski definition) is 4. The van der Waals surface area contributed by atoms with E-state index in [1.54, 1.807) is 0 Å². The highest BCUT2D eigenvalue weighted by molar-refractivity contribution is 9.10. The SMILES string of the molecule is Nc1cccc(Br)c1Oc1snc2ccccc12. The van der Waals surface area contributed by atoms with E-state index in [1.165, 1.54) is 11.5 Å². The Morgan fingerprint density at radius 3 is 2.78 bits per heavy atom. The maximum Gasteiger partial charge on any atom is 0.208 e. The molecule has 0 saturated heterocycles. The molecule has 0 aliphatic rings. The van der Waals surface area contributed by atoms with E-state index in [9.17, 15) is 0 Å². The summed E-state index contributed by atoms with van der Waals surface area (Å²) in [6.07, 6.45) is 0. The summed E-state index contributed by atoms with van der Waals surface area (Å²) in [5.41, 5.74) is 7.44. The molecule has 0 aliphatic carbocycles. The van der Waals surface area contributed by atoms with Crippen LogP contribution < -0.4 is 10.5 Å². The van der Waals surface area contributed by atoms with Gasteiger partial charge in [-0.3, -0.25) is 0 Å². The fourth-order valence-corrected chi connectivity index (χ4v) is 2.86. The summed E-state index contributed by atoms with van der Waals surface area (Å²) in [5.74, 6) is 0.631. The Labute approximate surface area is 116 Å². The van der Waals surface area contributed by atoms with Crippen LogP contribution in [0.5, 0.6) is 10.8 Å². The largest absolute Gasteiger partial charge is 0.441 e. The van der Waals surface area contributed by atoms with Crippen molar-refractivity contribution in [3.63, 3.8) is 0 Å². The predicted molar refractivity (Wildman–Crippen MR) is 78.2 cm³/mol. The van der Waals surface area contributed by atoms with Gasteiger partial charge in [0.25, 0.3) is 0 Å². The Balaban J connectivity index is 2.07. The van der Waals surface area contributed by atoms with Gasteiger partial charge in [-0.05, 0) is 40.2 Å². The topological polar surface area (TPSA) is 48.1 Å². The number of aromatic nitrogens is 1. The molecule has 0 aliphatic heterocycles. The smallest absolute Gasteiger partial charge is 0.208 e. The van der Waals surface area contributed by atoms with Crippen LogP contribution in [0.15, 0.2) is 46.9 Å². The molecule has 0 unspecified atom stereocenters. The minimum atomic E-state index is 0.599. The molecule has 0 radical (unpaired) electrons. The molecule has 2 aromatic carbocycles. The van der Waals surface area contributed by atoms with E-state index < -0.39 is 0 Å². The van der Waals surface area contributed by atoms with E-state index >= 15 is 0 Å². The second-order valence-corrected chi connectivity index (χ2v) is 5.34. The highest BCUT2D eigenvalue weighted by Gasteiger charge is 2.11. The number of rotatable bonds is 2. The number of fused-ring (bicyclic) bond motifs is 1. The Bertz CT molecular complexity index is 691. The van der Waals surface area contributed by atoms with Crippen LogP contribution in [0.4, 0.5) is 5.69 Å². The highest BCUT2D eigenvalue weighted by atomic mass is 79.9. The lowest BCUT2D eigenvalue weighted by atomic mass is 10.2. The number of para-hydroxylation sites is 1. The number of halogens is 1. The average molecular weight is 321 g/mol. The number of ether oxygens (including phenoxy) is 1. The normalized spacial score (nSPS) is 10.7. The summed E-state index contributed by atoms with van der Waals surface area (Å²) < 4.78 is 11.0. The monoisotopic (exact) mass is 320 g/mol. The molecule has 90 valence electrons. The van der Waals surface area contributed by atoms with Gasteiger partial charge in [-0.2, -0.15) is 4.37 Å². The van der Waals surface area contributed by atoms with Crippen molar-refractivity contribution in [2.24, 2.45) is 0 Å². The van der Waals surface area contributed by atoms with Gasteiger partial charge in [0.1, 0.15) is 0 Å². The summed E-state index contributed by atoms with van der Waals surface area (Å²) in [5, 5.41) is 1.75. The number of anilines is 1. The number of nitrogen functional groups attached to an aromatic ring is 1. The lowest BCUT2D eigenvalue weighted by Crippen LogP contribution is -1.91. The molecule has 0 atom stereocenters. The molecular formula is C13H9BrN2OS. The molecule has 1 heterocycles. The van der Waals surface area contributed by atoms with Crippen LogP contribution in [-0.4, -0.2) is 4.37 Å². The van der Waals surface area contributed by atoms with Crippen molar-refractivity contribution in [3.8, 4) is 10.8 Å². The third kappa shape index (κ3) is 1.95. The van der Waals surface area contributed by atoms with Gasteiger partial charge >= 0.3 is 0 Å². The number of nitrogens with zero attached hydrogens (tertiary/aromatic N) is 1. The molecule has 5 heteroatoms. The average Bonchev–Trinajstić information content (AvgIpc) is 2.77. The van der Waals surface area contributed by atoms with Crippen LogP contribution in [0, 0.1) is 0 Å². The molecule has 3 nitrogen and oxygen atoms in total. The minimum Gasteiger partial charge on any atom is -0.441 e. The van der Waals surface area contributed by atoms with Crippen molar-refractivity contribution in [1.29, 1.82) is 0 Å². The van der Waals surface area contributed by atoms with Gasteiger partial charge in [-0.15, -0.1) is 0 Å². The van der Waals surface area contributed by atoms with Gasteiger partial charge in [-0.1, -0.05) is 18.2 Å². The van der Waals surface area contributed by atoms with Gasteiger partial charge in [0, 0.05) is 11.5 Å². The van der Waals surface area contributed by atoms with Crippen LogP contribution in [0.3, 0.4) is 0 Å². The van der Waals surface area contributed by atoms with Crippen LogP contribution in [-0.2, 0) is 0 Å². The van der Waals surface area contributed by atoms with Gasteiger partial charge in [0.05, 0.1) is 21.1 Å². The van der Waals surface area contributed by atoms with Crippen LogP contribution >= 0.6 is 27.5 Å². The number of hydrogen-bond donors (Lipinski definition) is 1. The van der Waals surface area contributed by atoms with Crippen molar-refractivity contribution in [3.05, 3.63) is 46.9 Å². The Morgan fingerprint density at radius 1 is 1.11 bits per heavy atom. The lowest BCUT2D eigenvalue weighted by molar-refractivity contribution is 0.501. The first-order valence-corrected chi connectivity index (χ1v) is 6.88. The molecule has 0 saturated carbocycles. The molecule has 18 heavy (non-hydrogen) atoms. The highest BCUT2D eigenvalue weighted by Crippen LogP contribution is 2.39. The predicted octanol–water partition coefficient (Wildman–Crippen LogP) is 4.43. The zero-order chi connectivity index (χ0) is 12.5. The van der Waals surface area contributed by atoms with E-state index in [-0.39, 0.29) is 0 Å². The summed E-state index contributed by atoms with van der Waals surface area (Å²) in [4.78, 5) is 0. The fourth-order valence-electron chi connectivity index (χ4n) is 1.67.